The van der Waals surface area contributed by atoms with Gasteiger partial charge in [0.2, 0.25) is 0 Å². The molecule has 0 amide bonds. The van der Waals surface area contributed by atoms with Crippen LogP contribution in [0.1, 0.15) is 6.92 Å². The Hall–Kier alpha value is -0.610. The predicted octanol–water partition coefficient (Wildman–Crippen LogP) is 0.212. The molecule has 0 aliphatic carbocycles. The molecule has 0 fully saturated rings. The highest BCUT2D eigenvalue weighted by Crippen LogP contribution is 1.81. The second-order valence-electron chi connectivity index (χ2n) is 1.85. The van der Waals surface area contributed by atoms with Gasteiger partial charge in [-0.15, -0.1) is 0 Å². The maximum Gasteiger partial charge on any atom is 0.332 e. The van der Waals surface area contributed by atoms with Crippen LogP contribution < -0.4 is 0 Å². The third-order valence-electron chi connectivity index (χ3n) is 0.957. The molecule has 0 bridgehead atoms. The van der Waals surface area contributed by atoms with Crippen LogP contribution >= 0.6 is 0 Å². The lowest BCUT2D eigenvalue weighted by atomic mass is 10.7. The van der Waals surface area contributed by atoms with Gasteiger partial charge in [0.25, 0.3) is 0 Å². The second kappa shape index (κ2) is 7.50. The van der Waals surface area contributed by atoms with E-state index in [1.54, 1.807) is 14.0 Å². The summed E-state index contributed by atoms with van der Waals surface area (Å²) in [5, 5.41) is 0. The van der Waals surface area contributed by atoms with Crippen molar-refractivity contribution >= 4 is 5.97 Å². The highest BCUT2D eigenvalue weighted by Gasteiger charge is 1.99. The second-order valence-corrected chi connectivity index (χ2v) is 1.85. The van der Waals surface area contributed by atoms with E-state index in [1.807, 2.05) is 0 Å². The highest BCUT2D eigenvalue weighted by atomic mass is 16.6. The normalized spacial score (nSPS) is 9.64. The smallest absolute Gasteiger partial charge is 0.332 e. The molecule has 0 heterocycles. The summed E-state index contributed by atoms with van der Waals surface area (Å²) >= 11 is 0. The van der Waals surface area contributed by atoms with Crippen LogP contribution in [0.3, 0.4) is 0 Å². The lowest BCUT2D eigenvalue weighted by Gasteiger charge is -2.02. The van der Waals surface area contributed by atoms with Crippen molar-refractivity contribution in [2.45, 2.75) is 6.92 Å². The van der Waals surface area contributed by atoms with E-state index >= 15 is 0 Å². The van der Waals surface area contributed by atoms with Gasteiger partial charge >= 0.3 is 5.97 Å². The summed E-state index contributed by atoms with van der Waals surface area (Å²) in [5.41, 5.74) is 0. The Morgan fingerprint density at radius 3 is 2.64 bits per heavy atom. The van der Waals surface area contributed by atoms with E-state index in [9.17, 15) is 4.79 Å². The first-order valence-electron chi connectivity index (χ1n) is 3.53. The third kappa shape index (κ3) is 7.29. The largest absolute Gasteiger partial charge is 0.464 e. The molecule has 11 heavy (non-hydrogen) atoms. The molecule has 0 aromatic heterocycles. The predicted molar refractivity (Wildman–Crippen MR) is 39.3 cm³/mol. The lowest BCUT2D eigenvalue weighted by molar-refractivity contribution is -0.148. The Labute approximate surface area is 66.4 Å². The van der Waals surface area contributed by atoms with Gasteiger partial charge < -0.3 is 14.2 Å². The summed E-state index contributed by atoms with van der Waals surface area (Å²) in [4.78, 5) is 10.6. The average molecular weight is 162 g/mol. The zero-order valence-corrected chi connectivity index (χ0v) is 6.96. The summed E-state index contributed by atoms with van der Waals surface area (Å²) in [7, 11) is 1.58. The topological polar surface area (TPSA) is 44.8 Å². The van der Waals surface area contributed by atoms with Crippen LogP contribution in [0.4, 0.5) is 0 Å². The molecule has 0 unspecified atom stereocenters. The van der Waals surface area contributed by atoms with Crippen molar-refractivity contribution in [3.8, 4) is 0 Å². The minimum absolute atomic E-state index is 0.0111. The molecule has 4 nitrogen and oxygen atoms in total. The van der Waals surface area contributed by atoms with Gasteiger partial charge in [0.1, 0.15) is 6.61 Å². The van der Waals surface area contributed by atoms with Crippen molar-refractivity contribution in [2.75, 3.05) is 33.5 Å². The van der Waals surface area contributed by atoms with Gasteiger partial charge in [-0.2, -0.15) is 0 Å². The molecule has 0 saturated carbocycles. The minimum Gasteiger partial charge on any atom is -0.464 e. The summed E-state index contributed by atoms with van der Waals surface area (Å²) in [6.45, 7) is 3.09. The fraction of sp³-hybridized carbons (Fsp3) is 0.857. The zero-order chi connectivity index (χ0) is 8.53. The Balaban J connectivity index is 3.04. The number of methoxy groups -OCH3 is 1. The molecule has 0 radical (unpaired) electrons. The number of rotatable bonds is 6. The molecular formula is C7H14O4. The van der Waals surface area contributed by atoms with Crippen molar-refractivity contribution in [2.24, 2.45) is 0 Å². The van der Waals surface area contributed by atoms with E-state index in [4.69, 9.17) is 9.47 Å². The van der Waals surface area contributed by atoms with Crippen LogP contribution in [0.2, 0.25) is 0 Å². The van der Waals surface area contributed by atoms with Gasteiger partial charge in [-0.1, -0.05) is 0 Å². The number of hydrogen-bond donors (Lipinski definition) is 0. The summed E-state index contributed by atoms with van der Waals surface area (Å²) in [6, 6.07) is 0. The van der Waals surface area contributed by atoms with Crippen LogP contribution in [-0.4, -0.2) is 39.5 Å². The quantitative estimate of drug-likeness (QED) is 0.414. The zero-order valence-electron chi connectivity index (χ0n) is 6.96. The summed E-state index contributed by atoms with van der Waals surface area (Å²) in [6.07, 6.45) is 0. The van der Waals surface area contributed by atoms with Gasteiger partial charge in [0, 0.05) is 7.11 Å². The molecule has 0 aromatic carbocycles. The maximum absolute atomic E-state index is 10.6. The monoisotopic (exact) mass is 162 g/mol. The molecular weight excluding hydrogens is 148 g/mol. The van der Waals surface area contributed by atoms with Crippen LogP contribution in [0, 0.1) is 0 Å². The fourth-order valence-electron chi connectivity index (χ4n) is 0.500. The highest BCUT2D eigenvalue weighted by molar-refractivity contribution is 5.70. The Kier molecular flexibility index (Phi) is 7.08. The Bertz CT molecular complexity index is 103. The third-order valence-corrected chi connectivity index (χ3v) is 0.957. The van der Waals surface area contributed by atoms with Crippen LogP contribution in [0.5, 0.6) is 0 Å². The summed E-state index contributed by atoms with van der Waals surface area (Å²) in [5.74, 6) is -0.330. The van der Waals surface area contributed by atoms with E-state index in [1.165, 1.54) is 0 Å². The molecule has 0 saturated heterocycles. The minimum atomic E-state index is -0.330. The standard InChI is InChI=1S/C7H14O4/c1-3-11-7(8)6-10-5-4-9-2/h3-6H2,1-2H3. The molecule has 0 aliphatic heterocycles. The Morgan fingerprint density at radius 2 is 2.09 bits per heavy atom. The van der Waals surface area contributed by atoms with Crippen molar-refractivity contribution in [3.05, 3.63) is 0 Å². The first-order chi connectivity index (χ1) is 5.31. The molecule has 0 spiro atoms. The number of ether oxygens (including phenoxy) is 3. The molecule has 66 valence electrons. The van der Waals surface area contributed by atoms with Crippen molar-refractivity contribution in [1.82, 2.24) is 0 Å². The van der Waals surface area contributed by atoms with E-state index in [0.29, 0.717) is 19.8 Å². The van der Waals surface area contributed by atoms with Crippen LogP contribution in [0.15, 0.2) is 0 Å². The van der Waals surface area contributed by atoms with Gasteiger partial charge in [0.15, 0.2) is 0 Å². The van der Waals surface area contributed by atoms with Gasteiger partial charge in [-0.3, -0.25) is 0 Å². The van der Waals surface area contributed by atoms with Crippen molar-refractivity contribution in [1.29, 1.82) is 0 Å². The fourth-order valence-corrected chi connectivity index (χ4v) is 0.500. The maximum atomic E-state index is 10.6. The van der Waals surface area contributed by atoms with Crippen molar-refractivity contribution < 1.29 is 19.0 Å². The molecule has 0 aliphatic rings. The van der Waals surface area contributed by atoms with Crippen LogP contribution in [0.25, 0.3) is 0 Å². The summed E-state index contributed by atoms with van der Waals surface area (Å²) < 4.78 is 14.2. The SMILES string of the molecule is CCOC(=O)COCCOC. The van der Waals surface area contributed by atoms with Crippen molar-refractivity contribution in [3.63, 3.8) is 0 Å². The van der Waals surface area contributed by atoms with Gasteiger partial charge in [0.05, 0.1) is 19.8 Å². The number of carbonyl (C=O) groups excluding carboxylic acids is 1. The van der Waals surface area contributed by atoms with E-state index in [2.05, 4.69) is 4.74 Å². The average Bonchev–Trinajstić information content (AvgIpc) is 1.99. The number of esters is 1. The number of hydrogen-bond acceptors (Lipinski definition) is 4. The van der Waals surface area contributed by atoms with Gasteiger partial charge in [-0.05, 0) is 6.92 Å². The Morgan fingerprint density at radius 1 is 1.36 bits per heavy atom. The first-order valence-corrected chi connectivity index (χ1v) is 3.53. The molecule has 4 heteroatoms. The van der Waals surface area contributed by atoms with E-state index in [0.717, 1.165) is 0 Å². The molecule has 0 rings (SSSR count). The first kappa shape index (κ1) is 10.4. The molecule has 0 atom stereocenters. The van der Waals surface area contributed by atoms with E-state index < -0.39 is 0 Å². The number of carbonyl (C=O) groups is 1. The lowest BCUT2D eigenvalue weighted by Crippen LogP contribution is -2.14. The molecule has 0 N–H and O–H groups in total. The van der Waals surface area contributed by atoms with Crippen LogP contribution in [-0.2, 0) is 19.0 Å². The molecule has 0 aromatic rings. The van der Waals surface area contributed by atoms with Gasteiger partial charge in [-0.25, -0.2) is 4.79 Å². The van der Waals surface area contributed by atoms with E-state index in [-0.39, 0.29) is 12.6 Å².